The molecule has 1 rings (SSSR count). The van der Waals surface area contributed by atoms with Gasteiger partial charge in [-0.05, 0) is 6.92 Å². The Labute approximate surface area is 69.2 Å². The molecule has 1 amide bonds. The lowest BCUT2D eigenvalue weighted by molar-refractivity contribution is -0.123. The maximum absolute atomic E-state index is 10.9. The number of aromatic nitrogens is 3. The number of amides is 1. The van der Waals surface area contributed by atoms with Crippen LogP contribution in [-0.2, 0) is 11.8 Å². The van der Waals surface area contributed by atoms with Crippen molar-refractivity contribution in [3.05, 3.63) is 6.20 Å². The van der Waals surface area contributed by atoms with Gasteiger partial charge in [-0.1, -0.05) is 5.21 Å². The molecule has 0 bridgehead atoms. The largest absolute Gasteiger partial charge is 0.384 e. The van der Waals surface area contributed by atoms with E-state index in [0.717, 1.165) is 0 Å². The summed E-state index contributed by atoms with van der Waals surface area (Å²) >= 11 is 0. The zero-order valence-corrected chi connectivity index (χ0v) is 6.85. The van der Waals surface area contributed by atoms with Crippen LogP contribution in [0.3, 0.4) is 0 Å². The lowest BCUT2D eigenvalue weighted by Gasteiger charge is -2.01. The van der Waals surface area contributed by atoms with Crippen molar-refractivity contribution in [2.24, 2.45) is 7.05 Å². The first kappa shape index (κ1) is 8.66. The average molecular weight is 170 g/mol. The number of carbonyl (C=O) groups is 1. The second-order valence-electron chi connectivity index (χ2n) is 2.44. The van der Waals surface area contributed by atoms with E-state index in [-0.39, 0.29) is 0 Å². The van der Waals surface area contributed by atoms with E-state index < -0.39 is 12.0 Å². The Morgan fingerprint density at radius 1 is 1.83 bits per heavy atom. The maximum Gasteiger partial charge on any atom is 0.254 e. The normalized spacial score (nSPS) is 12.6. The summed E-state index contributed by atoms with van der Waals surface area (Å²) in [5.41, 5.74) is 0. The molecular weight excluding hydrogens is 160 g/mol. The van der Waals surface area contributed by atoms with Gasteiger partial charge in [0.2, 0.25) is 0 Å². The predicted molar refractivity (Wildman–Crippen MR) is 41.3 cm³/mol. The van der Waals surface area contributed by atoms with Gasteiger partial charge in [-0.15, -0.1) is 5.10 Å². The molecule has 0 aliphatic rings. The highest BCUT2D eigenvalue weighted by atomic mass is 16.3. The van der Waals surface area contributed by atoms with E-state index in [4.69, 9.17) is 5.11 Å². The van der Waals surface area contributed by atoms with Crippen molar-refractivity contribution in [3.8, 4) is 0 Å². The first-order chi connectivity index (χ1) is 5.59. The molecular formula is C6H10N4O2. The standard InChI is InChI=1S/C6H10N4O2/c1-4(11)6(12)7-5-3-10(2)9-8-5/h3-4,11H,1-2H3,(H,7,12)/t4-/m1/s1. The van der Waals surface area contributed by atoms with E-state index >= 15 is 0 Å². The summed E-state index contributed by atoms with van der Waals surface area (Å²) in [6.07, 6.45) is 0.507. The van der Waals surface area contributed by atoms with Gasteiger partial charge in [-0.25, -0.2) is 0 Å². The number of hydrogen-bond donors (Lipinski definition) is 2. The fourth-order valence-electron chi connectivity index (χ4n) is 0.635. The zero-order chi connectivity index (χ0) is 9.14. The van der Waals surface area contributed by atoms with Crippen LogP contribution in [0.1, 0.15) is 6.92 Å². The summed E-state index contributed by atoms with van der Waals surface area (Å²) < 4.78 is 1.46. The van der Waals surface area contributed by atoms with Gasteiger partial charge in [0, 0.05) is 7.05 Å². The van der Waals surface area contributed by atoms with Crippen LogP contribution in [0.4, 0.5) is 5.82 Å². The van der Waals surface area contributed by atoms with Gasteiger partial charge in [0.1, 0.15) is 6.10 Å². The molecule has 0 unspecified atom stereocenters. The van der Waals surface area contributed by atoms with E-state index in [1.807, 2.05) is 0 Å². The number of aryl methyl sites for hydroxylation is 1. The lowest BCUT2D eigenvalue weighted by Crippen LogP contribution is -2.24. The Kier molecular flexibility index (Phi) is 2.39. The van der Waals surface area contributed by atoms with Gasteiger partial charge in [0.05, 0.1) is 6.20 Å². The van der Waals surface area contributed by atoms with Crippen LogP contribution in [0.25, 0.3) is 0 Å². The topological polar surface area (TPSA) is 80.0 Å². The van der Waals surface area contributed by atoms with E-state index in [9.17, 15) is 4.79 Å². The van der Waals surface area contributed by atoms with E-state index in [1.165, 1.54) is 11.6 Å². The lowest BCUT2D eigenvalue weighted by atomic mass is 10.4. The number of carbonyl (C=O) groups excluding carboxylic acids is 1. The molecule has 1 aromatic heterocycles. The molecule has 1 aromatic rings. The molecule has 0 aliphatic carbocycles. The van der Waals surface area contributed by atoms with E-state index in [2.05, 4.69) is 15.6 Å². The Morgan fingerprint density at radius 3 is 2.92 bits per heavy atom. The third kappa shape index (κ3) is 2.03. The minimum atomic E-state index is -1.04. The molecule has 6 nitrogen and oxygen atoms in total. The van der Waals surface area contributed by atoms with Gasteiger partial charge in [0.25, 0.3) is 5.91 Å². The molecule has 0 radical (unpaired) electrons. The SMILES string of the molecule is C[C@@H](O)C(=O)Nc1cn(C)nn1. The predicted octanol–water partition coefficient (Wildman–Crippen LogP) is -0.866. The van der Waals surface area contributed by atoms with Crippen molar-refractivity contribution >= 4 is 11.7 Å². The number of anilines is 1. The number of aliphatic hydroxyl groups excluding tert-OH is 1. The molecule has 0 fully saturated rings. The first-order valence-electron chi connectivity index (χ1n) is 3.45. The summed E-state index contributed by atoms with van der Waals surface area (Å²) in [5.74, 6) is -0.154. The second kappa shape index (κ2) is 3.31. The van der Waals surface area contributed by atoms with Crippen LogP contribution in [-0.4, -0.2) is 32.1 Å². The summed E-state index contributed by atoms with van der Waals surface area (Å²) in [6.45, 7) is 1.38. The summed E-state index contributed by atoms with van der Waals surface area (Å²) in [4.78, 5) is 10.9. The Balaban J connectivity index is 2.58. The van der Waals surface area contributed by atoms with Gasteiger partial charge in [-0.2, -0.15) is 0 Å². The van der Waals surface area contributed by atoms with Crippen molar-refractivity contribution in [2.45, 2.75) is 13.0 Å². The van der Waals surface area contributed by atoms with Crippen LogP contribution in [0.5, 0.6) is 0 Å². The third-order valence-electron chi connectivity index (χ3n) is 1.23. The van der Waals surface area contributed by atoms with Gasteiger partial charge in [0.15, 0.2) is 5.82 Å². The maximum atomic E-state index is 10.9. The highest BCUT2D eigenvalue weighted by Crippen LogP contribution is 1.98. The first-order valence-corrected chi connectivity index (χ1v) is 3.45. The Bertz CT molecular complexity index is 281. The molecule has 66 valence electrons. The molecule has 0 aliphatic heterocycles. The van der Waals surface area contributed by atoms with Crippen molar-refractivity contribution in [1.29, 1.82) is 0 Å². The van der Waals surface area contributed by atoms with E-state index in [0.29, 0.717) is 5.82 Å². The van der Waals surface area contributed by atoms with Crippen LogP contribution < -0.4 is 5.32 Å². The van der Waals surface area contributed by atoms with Crippen LogP contribution in [0, 0.1) is 0 Å². The number of hydrogen-bond acceptors (Lipinski definition) is 4. The van der Waals surface area contributed by atoms with Crippen molar-refractivity contribution in [1.82, 2.24) is 15.0 Å². The fraction of sp³-hybridized carbons (Fsp3) is 0.500. The van der Waals surface area contributed by atoms with Crippen LogP contribution >= 0.6 is 0 Å². The van der Waals surface area contributed by atoms with Crippen LogP contribution in [0.15, 0.2) is 6.20 Å². The van der Waals surface area contributed by atoms with Crippen LogP contribution in [0.2, 0.25) is 0 Å². The minimum Gasteiger partial charge on any atom is -0.384 e. The highest BCUT2D eigenvalue weighted by molar-refractivity contribution is 5.92. The molecule has 12 heavy (non-hydrogen) atoms. The molecule has 0 saturated heterocycles. The highest BCUT2D eigenvalue weighted by Gasteiger charge is 2.09. The molecule has 1 atom stereocenters. The summed E-state index contributed by atoms with van der Waals surface area (Å²) in [7, 11) is 1.69. The summed E-state index contributed by atoms with van der Waals surface area (Å²) in [5, 5.41) is 18.4. The van der Waals surface area contributed by atoms with Gasteiger partial charge in [-0.3, -0.25) is 9.48 Å². The quantitative estimate of drug-likeness (QED) is 0.605. The van der Waals surface area contributed by atoms with E-state index in [1.54, 1.807) is 13.2 Å². The number of nitrogens with zero attached hydrogens (tertiary/aromatic N) is 3. The summed E-state index contributed by atoms with van der Waals surface area (Å²) in [6, 6.07) is 0. The molecule has 0 saturated carbocycles. The van der Waals surface area contributed by atoms with Crippen molar-refractivity contribution in [3.63, 3.8) is 0 Å². The average Bonchev–Trinajstić information content (AvgIpc) is 2.35. The zero-order valence-electron chi connectivity index (χ0n) is 6.85. The van der Waals surface area contributed by atoms with Crippen molar-refractivity contribution in [2.75, 3.05) is 5.32 Å². The van der Waals surface area contributed by atoms with Gasteiger partial charge < -0.3 is 10.4 Å². The molecule has 2 N–H and O–H groups in total. The Hall–Kier alpha value is -1.43. The minimum absolute atomic E-state index is 0.336. The molecule has 1 heterocycles. The Morgan fingerprint density at radius 2 is 2.50 bits per heavy atom. The number of rotatable bonds is 2. The van der Waals surface area contributed by atoms with Gasteiger partial charge >= 0.3 is 0 Å². The molecule has 0 spiro atoms. The molecule has 0 aromatic carbocycles. The smallest absolute Gasteiger partial charge is 0.254 e. The monoisotopic (exact) mass is 170 g/mol. The number of aliphatic hydroxyl groups is 1. The third-order valence-corrected chi connectivity index (χ3v) is 1.23. The van der Waals surface area contributed by atoms with Crippen molar-refractivity contribution < 1.29 is 9.90 Å². The fourth-order valence-corrected chi connectivity index (χ4v) is 0.635. The second-order valence-corrected chi connectivity index (χ2v) is 2.44. The molecule has 6 heteroatoms. The number of nitrogens with one attached hydrogen (secondary N) is 1.